The quantitative estimate of drug-likeness (QED) is 0.747. The number of para-hydroxylation sites is 1. The van der Waals surface area contributed by atoms with Crippen LogP contribution in [0.5, 0.6) is 0 Å². The maximum atomic E-state index is 12.4. The number of pyridine rings is 1. The Labute approximate surface area is 134 Å². The number of aromatic nitrogens is 1. The van der Waals surface area contributed by atoms with E-state index in [0.29, 0.717) is 11.3 Å². The average Bonchev–Trinajstić information content (AvgIpc) is 2.54. The fourth-order valence-electron chi connectivity index (χ4n) is 2.21. The van der Waals surface area contributed by atoms with E-state index >= 15 is 0 Å². The van der Waals surface area contributed by atoms with E-state index in [9.17, 15) is 13.2 Å². The molecule has 1 aromatic heterocycles. The van der Waals surface area contributed by atoms with Gasteiger partial charge in [-0.05, 0) is 31.2 Å². The van der Waals surface area contributed by atoms with Crippen molar-refractivity contribution in [3.63, 3.8) is 0 Å². The summed E-state index contributed by atoms with van der Waals surface area (Å²) in [6, 6.07) is 15.0. The molecule has 0 spiro atoms. The SMILES string of the molecule is CC(=O)c1ccc(S(=O)(=O)Nc2cnc3ccccc3c2)cc1. The summed E-state index contributed by atoms with van der Waals surface area (Å²) in [5.74, 6) is -0.111. The first-order valence-corrected chi connectivity index (χ1v) is 8.43. The third-order valence-electron chi connectivity index (χ3n) is 3.41. The van der Waals surface area contributed by atoms with Gasteiger partial charge in [0.2, 0.25) is 0 Å². The molecule has 1 heterocycles. The highest BCUT2D eigenvalue weighted by Gasteiger charge is 2.15. The van der Waals surface area contributed by atoms with Crippen LogP contribution in [0, 0.1) is 0 Å². The number of hydrogen-bond donors (Lipinski definition) is 1. The summed E-state index contributed by atoms with van der Waals surface area (Å²) in [6.07, 6.45) is 1.48. The molecule has 5 nitrogen and oxygen atoms in total. The Balaban J connectivity index is 1.91. The number of rotatable bonds is 4. The zero-order valence-electron chi connectivity index (χ0n) is 12.4. The molecule has 2 aromatic carbocycles. The summed E-state index contributed by atoms with van der Waals surface area (Å²) in [7, 11) is -3.73. The van der Waals surface area contributed by atoms with Crippen molar-refractivity contribution in [1.82, 2.24) is 4.98 Å². The van der Waals surface area contributed by atoms with Crippen LogP contribution in [0.3, 0.4) is 0 Å². The number of fused-ring (bicyclic) bond motifs is 1. The van der Waals surface area contributed by atoms with Crippen molar-refractivity contribution in [2.75, 3.05) is 4.72 Å². The van der Waals surface area contributed by atoms with Crippen LogP contribution in [0.4, 0.5) is 5.69 Å². The highest BCUT2D eigenvalue weighted by molar-refractivity contribution is 7.92. The van der Waals surface area contributed by atoms with Gasteiger partial charge in [0.25, 0.3) is 10.0 Å². The number of nitrogens with zero attached hydrogens (tertiary/aromatic N) is 1. The van der Waals surface area contributed by atoms with Gasteiger partial charge in [0.1, 0.15) is 0 Å². The van der Waals surface area contributed by atoms with Gasteiger partial charge < -0.3 is 0 Å². The fraction of sp³-hybridized carbons (Fsp3) is 0.0588. The number of ketones is 1. The number of anilines is 1. The predicted octanol–water partition coefficient (Wildman–Crippen LogP) is 3.24. The lowest BCUT2D eigenvalue weighted by Crippen LogP contribution is -2.13. The minimum Gasteiger partial charge on any atom is -0.295 e. The van der Waals surface area contributed by atoms with Crippen LogP contribution < -0.4 is 4.72 Å². The molecule has 0 radical (unpaired) electrons. The van der Waals surface area contributed by atoms with E-state index in [2.05, 4.69) is 9.71 Å². The van der Waals surface area contributed by atoms with E-state index in [0.717, 1.165) is 10.9 Å². The van der Waals surface area contributed by atoms with E-state index in [1.807, 2.05) is 24.3 Å². The molecule has 3 aromatic rings. The van der Waals surface area contributed by atoms with Crippen LogP contribution in [0.2, 0.25) is 0 Å². The summed E-state index contributed by atoms with van der Waals surface area (Å²) in [4.78, 5) is 15.6. The van der Waals surface area contributed by atoms with Crippen molar-refractivity contribution < 1.29 is 13.2 Å². The van der Waals surface area contributed by atoms with Gasteiger partial charge in [-0.2, -0.15) is 0 Å². The number of nitrogens with one attached hydrogen (secondary N) is 1. The molecule has 23 heavy (non-hydrogen) atoms. The maximum Gasteiger partial charge on any atom is 0.261 e. The van der Waals surface area contributed by atoms with Crippen LogP contribution in [0.15, 0.2) is 65.7 Å². The zero-order valence-corrected chi connectivity index (χ0v) is 13.2. The van der Waals surface area contributed by atoms with Gasteiger partial charge >= 0.3 is 0 Å². The van der Waals surface area contributed by atoms with Gasteiger partial charge in [-0.3, -0.25) is 14.5 Å². The molecule has 0 amide bonds. The van der Waals surface area contributed by atoms with Crippen molar-refractivity contribution in [3.8, 4) is 0 Å². The molecule has 0 aliphatic carbocycles. The molecule has 0 aliphatic rings. The first-order valence-electron chi connectivity index (χ1n) is 6.94. The van der Waals surface area contributed by atoms with Gasteiger partial charge in [0.15, 0.2) is 5.78 Å². The summed E-state index contributed by atoms with van der Waals surface area (Å²) in [5, 5.41) is 0.847. The number of carbonyl (C=O) groups excluding carboxylic acids is 1. The summed E-state index contributed by atoms with van der Waals surface area (Å²) < 4.78 is 27.3. The van der Waals surface area contributed by atoms with Gasteiger partial charge in [0.05, 0.1) is 22.3 Å². The second-order valence-corrected chi connectivity index (χ2v) is 6.79. The molecule has 116 valence electrons. The molecule has 0 fully saturated rings. The van der Waals surface area contributed by atoms with Crippen LogP contribution >= 0.6 is 0 Å². The second-order valence-electron chi connectivity index (χ2n) is 5.10. The molecule has 0 aliphatic heterocycles. The van der Waals surface area contributed by atoms with Gasteiger partial charge in [-0.25, -0.2) is 8.42 Å². The number of hydrogen-bond acceptors (Lipinski definition) is 4. The number of sulfonamides is 1. The Hall–Kier alpha value is -2.73. The lowest BCUT2D eigenvalue weighted by atomic mass is 10.2. The number of carbonyl (C=O) groups is 1. The Morgan fingerprint density at radius 1 is 1.04 bits per heavy atom. The second kappa shape index (κ2) is 5.81. The van der Waals surface area contributed by atoms with Crippen molar-refractivity contribution in [1.29, 1.82) is 0 Å². The topological polar surface area (TPSA) is 76.1 Å². The fourth-order valence-corrected chi connectivity index (χ4v) is 3.24. The lowest BCUT2D eigenvalue weighted by Gasteiger charge is -2.09. The molecular formula is C17H14N2O3S. The molecule has 0 atom stereocenters. The maximum absolute atomic E-state index is 12.4. The third-order valence-corrected chi connectivity index (χ3v) is 4.81. The molecule has 0 bridgehead atoms. The first kappa shape index (κ1) is 15.2. The minimum absolute atomic E-state index is 0.0932. The molecule has 0 saturated heterocycles. The van der Waals surface area contributed by atoms with Crippen molar-refractivity contribution in [2.45, 2.75) is 11.8 Å². The van der Waals surface area contributed by atoms with E-state index < -0.39 is 10.0 Å². The number of Topliss-reactive ketones (excluding diaryl/α,β-unsaturated/α-hetero) is 1. The first-order chi connectivity index (χ1) is 11.0. The predicted molar refractivity (Wildman–Crippen MR) is 89.0 cm³/mol. The molecule has 3 rings (SSSR count). The third kappa shape index (κ3) is 3.22. The van der Waals surface area contributed by atoms with E-state index in [1.165, 1.54) is 37.4 Å². The van der Waals surface area contributed by atoms with Crippen LogP contribution in [-0.4, -0.2) is 19.2 Å². The zero-order chi connectivity index (χ0) is 16.4. The van der Waals surface area contributed by atoms with Gasteiger partial charge in [0, 0.05) is 10.9 Å². The smallest absolute Gasteiger partial charge is 0.261 e. The lowest BCUT2D eigenvalue weighted by molar-refractivity contribution is 0.101. The standard InChI is InChI=1S/C17H14N2O3S/c1-12(20)13-6-8-16(9-7-13)23(21,22)19-15-10-14-4-2-3-5-17(14)18-11-15/h2-11,19H,1H3. The van der Waals surface area contributed by atoms with E-state index in [4.69, 9.17) is 0 Å². The Morgan fingerprint density at radius 2 is 1.74 bits per heavy atom. The van der Waals surface area contributed by atoms with Gasteiger partial charge in [-0.15, -0.1) is 0 Å². The minimum atomic E-state index is -3.73. The van der Waals surface area contributed by atoms with Crippen LogP contribution in [-0.2, 0) is 10.0 Å². The van der Waals surface area contributed by atoms with E-state index in [1.54, 1.807) is 6.07 Å². The van der Waals surface area contributed by atoms with Crippen molar-refractivity contribution in [2.24, 2.45) is 0 Å². The molecular weight excluding hydrogens is 312 g/mol. The summed E-state index contributed by atoms with van der Waals surface area (Å²) >= 11 is 0. The Kier molecular flexibility index (Phi) is 3.83. The number of benzene rings is 2. The normalized spacial score (nSPS) is 11.3. The van der Waals surface area contributed by atoms with Crippen molar-refractivity contribution >= 4 is 32.4 Å². The highest BCUT2D eigenvalue weighted by atomic mass is 32.2. The van der Waals surface area contributed by atoms with Gasteiger partial charge in [-0.1, -0.05) is 30.3 Å². The molecule has 0 saturated carbocycles. The molecule has 1 N–H and O–H groups in total. The summed E-state index contributed by atoms with van der Waals surface area (Å²) in [5.41, 5.74) is 1.65. The highest BCUT2D eigenvalue weighted by Crippen LogP contribution is 2.20. The molecule has 0 unspecified atom stereocenters. The van der Waals surface area contributed by atoms with E-state index in [-0.39, 0.29) is 10.7 Å². The Morgan fingerprint density at radius 3 is 2.43 bits per heavy atom. The average molecular weight is 326 g/mol. The largest absolute Gasteiger partial charge is 0.295 e. The molecule has 6 heteroatoms. The monoisotopic (exact) mass is 326 g/mol. The summed E-state index contributed by atoms with van der Waals surface area (Å²) in [6.45, 7) is 1.43. The van der Waals surface area contributed by atoms with Crippen LogP contribution in [0.25, 0.3) is 10.9 Å². The van der Waals surface area contributed by atoms with Crippen molar-refractivity contribution in [3.05, 3.63) is 66.4 Å². The van der Waals surface area contributed by atoms with Crippen LogP contribution in [0.1, 0.15) is 17.3 Å². The Bertz CT molecular complexity index is 980.